The fourth-order valence-corrected chi connectivity index (χ4v) is 6.21. The van der Waals surface area contributed by atoms with Gasteiger partial charge in [0.25, 0.3) is 0 Å². The van der Waals surface area contributed by atoms with Gasteiger partial charge in [0.1, 0.15) is 18.0 Å². The number of nitrogens with zero attached hydrogens (tertiary/aromatic N) is 2. The van der Waals surface area contributed by atoms with Gasteiger partial charge in [-0.25, -0.2) is 8.42 Å². The molecule has 180 valence electrons. The molecular formula is C27H27N3O4S. The number of carbonyl (C=O) groups excluding carboxylic acids is 1. The van der Waals surface area contributed by atoms with Crippen molar-refractivity contribution in [2.45, 2.75) is 30.6 Å². The highest BCUT2D eigenvalue weighted by Gasteiger charge is 2.34. The third-order valence-electron chi connectivity index (χ3n) is 6.31. The molecule has 3 aromatic rings. The number of nitrogens with one attached hydrogen (secondary N) is 1. The Bertz CT molecular complexity index is 1290. The van der Waals surface area contributed by atoms with E-state index in [2.05, 4.69) is 10.3 Å². The Balaban J connectivity index is 1.43. The van der Waals surface area contributed by atoms with Crippen LogP contribution in [-0.4, -0.2) is 31.6 Å². The summed E-state index contributed by atoms with van der Waals surface area (Å²) in [5.41, 5.74) is 1.84. The van der Waals surface area contributed by atoms with Crippen molar-refractivity contribution in [3.05, 3.63) is 73.1 Å². The van der Waals surface area contributed by atoms with Crippen LogP contribution in [-0.2, 0) is 14.6 Å². The van der Waals surface area contributed by atoms with Gasteiger partial charge in [0.05, 0.1) is 16.7 Å². The molecule has 0 bridgehead atoms. The van der Waals surface area contributed by atoms with Crippen molar-refractivity contribution in [3.63, 3.8) is 0 Å². The molecular weight excluding hydrogens is 462 g/mol. The minimum atomic E-state index is -3.56. The SMILES string of the molecule is N#CCNC(=O)[C@@H]1CCCC[C@H]1CS(=O)(=O)c1ccc(-c2ccc(Oc3ccncc3)cc2)cc1. The zero-order valence-electron chi connectivity index (χ0n) is 19.3. The topological polar surface area (TPSA) is 109 Å². The number of benzene rings is 2. The fourth-order valence-electron chi connectivity index (χ4n) is 4.50. The molecule has 0 unspecified atom stereocenters. The van der Waals surface area contributed by atoms with E-state index in [1.165, 1.54) is 0 Å². The van der Waals surface area contributed by atoms with Gasteiger partial charge in [-0.1, -0.05) is 37.1 Å². The highest BCUT2D eigenvalue weighted by molar-refractivity contribution is 7.91. The number of hydrogen-bond donors (Lipinski definition) is 1. The van der Waals surface area contributed by atoms with Crippen molar-refractivity contribution >= 4 is 15.7 Å². The molecule has 1 saturated carbocycles. The molecule has 0 radical (unpaired) electrons. The molecule has 0 spiro atoms. The van der Waals surface area contributed by atoms with Crippen molar-refractivity contribution in [3.8, 4) is 28.7 Å². The number of ether oxygens (including phenoxy) is 1. The quantitative estimate of drug-likeness (QED) is 0.457. The molecule has 1 heterocycles. The molecule has 1 aliphatic rings. The molecule has 1 fully saturated rings. The number of aromatic nitrogens is 1. The summed E-state index contributed by atoms with van der Waals surface area (Å²) in [7, 11) is -3.56. The lowest BCUT2D eigenvalue weighted by Crippen LogP contribution is -2.39. The number of nitriles is 1. The van der Waals surface area contributed by atoms with E-state index in [1.54, 1.807) is 48.8 Å². The molecule has 1 aromatic heterocycles. The van der Waals surface area contributed by atoms with Crippen LogP contribution in [0.5, 0.6) is 11.5 Å². The first kappa shape index (κ1) is 24.4. The van der Waals surface area contributed by atoms with Crippen molar-refractivity contribution in [2.24, 2.45) is 11.8 Å². The summed E-state index contributed by atoms with van der Waals surface area (Å²) in [5.74, 6) is 0.472. The molecule has 2 aromatic carbocycles. The molecule has 1 amide bonds. The summed E-state index contributed by atoms with van der Waals surface area (Å²) in [6, 6.07) is 19.9. The minimum Gasteiger partial charge on any atom is -0.457 e. The second kappa shape index (κ2) is 11.2. The zero-order chi connectivity index (χ0) is 24.7. The molecule has 35 heavy (non-hydrogen) atoms. The Labute approximate surface area is 205 Å². The smallest absolute Gasteiger partial charge is 0.224 e. The van der Waals surface area contributed by atoms with E-state index in [0.717, 1.165) is 24.0 Å². The molecule has 1 N–H and O–H groups in total. The van der Waals surface area contributed by atoms with Gasteiger partial charge in [-0.2, -0.15) is 5.26 Å². The van der Waals surface area contributed by atoms with Gasteiger partial charge in [-0.15, -0.1) is 0 Å². The second-order valence-corrected chi connectivity index (χ2v) is 10.7. The van der Waals surface area contributed by atoms with E-state index >= 15 is 0 Å². The summed E-state index contributed by atoms with van der Waals surface area (Å²) >= 11 is 0. The largest absolute Gasteiger partial charge is 0.457 e. The molecule has 2 atom stereocenters. The Hall–Kier alpha value is -3.70. The number of hydrogen-bond acceptors (Lipinski definition) is 6. The zero-order valence-corrected chi connectivity index (χ0v) is 20.1. The van der Waals surface area contributed by atoms with Crippen LogP contribution in [0, 0.1) is 23.2 Å². The molecule has 0 saturated heterocycles. The standard InChI is InChI=1S/C27H27N3O4S/c28-15-18-30-27(31)26-4-2-1-3-22(26)19-35(32,33)25-11-7-21(8-12-25)20-5-9-23(10-6-20)34-24-13-16-29-17-14-24/h5-14,16-17,22,26H,1-4,18-19H2,(H,30,31)/t22-,26+/m0/s1. The number of pyridine rings is 1. The van der Waals surface area contributed by atoms with Crippen LogP contribution < -0.4 is 10.1 Å². The summed E-state index contributed by atoms with van der Waals surface area (Å²) in [6.07, 6.45) is 6.46. The highest BCUT2D eigenvalue weighted by atomic mass is 32.2. The highest BCUT2D eigenvalue weighted by Crippen LogP contribution is 2.33. The first-order chi connectivity index (χ1) is 17.0. The van der Waals surface area contributed by atoms with Crippen LogP contribution in [0.4, 0.5) is 0 Å². The molecule has 8 heteroatoms. The van der Waals surface area contributed by atoms with Crippen LogP contribution >= 0.6 is 0 Å². The lowest BCUT2D eigenvalue weighted by Gasteiger charge is -2.30. The van der Waals surface area contributed by atoms with Gasteiger partial charge in [-0.05, 0) is 66.3 Å². The molecule has 0 aliphatic heterocycles. The molecule has 1 aliphatic carbocycles. The van der Waals surface area contributed by atoms with E-state index in [4.69, 9.17) is 10.00 Å². The van der Waals surface area contributed by atoms with Crippen molar-refractivity contribution in [1.29, 1.82) is 5.26 Å². The van der Waals surface area contributed by atoms with Gasteiger partial charge in [0.15, 0.2) is 9.84 Å². The van der Waals surface area contributed by atoms with Gasteiger partial charge in [-0.3, -0.25) is 9.78 Å². The fraction of sp³-hybridized carbons (Fsp3) is 0.296. The summed E-state index contributed by atoms with van der Waals surface area (Å²) < 4.78 is 32.1. The first-order valence-electron chi connectivity index (χ1n) is 11.6. The average molecular weight is 490 g/mol. The van der Waals surface area contributed by atoms with Crippen molar-refractivity contribution in [1.82, 2.24) is 10.3 Å². The monoisotopic (exact) mass is 489 g/mol. The van der Waals surface area contributed by atoms with Crippen LogP contribution in [0.3, 0.4) is 0 Å². The third-order valence-corrected chi connectivity index (χ3v) is 8.16. The lowest BCUT2D eigenvalue weighted by molar-refractivity contribution is -0.127. The first-order valence-corrected chi connectivity index (χ1v) is 13.3. The van der Waals surface area contributed by atoms with E-state index in [0.29, 0.717) is 24.3 Å². The Morgan fingerprint density at radius 2 is 1.54 bits per heavy atom. The number of rotatable bonds is 8. The number of sulfone groups is 1. The predicted molar refractivity (Wildman–Crippen MR) is 132 cm³/mol. The average Bonchev–Trinajstić information content (AvgIpc) is 2.88. The predicted octanol–water partition coefficient (Wildman–Crippen LogP) is 4.76. The van der Waals surface area contributed by atoms with Gasteiger partial charge in [0, 0.05) is 18.3 Å². The maximum absolute atomic E-state index is 13.1. The Morgan fingerprint density at radius 1 is 0.943 bits per heavy atom. The van der Waals surface area contributed by atoms with Crippen LogP contribution in [0.1, 0.15) is 25.7 Å². The summed E-state index contributed by atoms with van der Waals surface area (Å²) in [4.78, 5) is 16.7. The normalized spacial score (nSPS) is 17.8. The van der Waals surface area contributed by atoms with Crippen LogP contribution in [0.15, 0.2) is 78.0 Å². The summed E-state index contributed by atoms with van der Waals surface area (Å²) in [5, 5.41) is 11.3. The van der Waals surface area contributed by atoms with Crippen molar-refractivity contribution < 1.29 is 17.9 Å². The maximum atomic E-state index is 13.1. The lowest BCUT2D eigenvalue weighted by atomic mass is 9.80. The van der Waals surface area contributed by atoms with Crippen molar-refractivity contribution in [2.75, 3.05) is 12.3 Å². The van der Waals surface area contributed by atoms with Gasteiger partial charge < -0.3 is 10.1 Å². The van der Waals surface area contributed by atoms with Gasteiger partial charge >= 0.3 is 0 Å². The number of carbonyl (C=O) groups is 1. The van der Waals surface area contributed by atoms with E-state index < -0.39 is 9.84 Å². The third kappa shape index (κ3) is 6.25. The second-order valence-electron chi connectivity index (χ2n) is 8.64. The van der Waals surface area contributed by atoms with Gasteiger partial charge in [0.2, 0.25) is 5.91 Å². The minimum absolute atomic E-state index is 0.0624. The van der Waals surface area contributed by atoms with Crippen LogP contribution in [0.25, 0.3) is 11.1 Å². The maximum Gasteiger partial charge on any atom is 0.224 e. The van der Waals surface area contributed by atoms with E-state index in [1.807, 2.05) is 30.3 Å². The van der Waals surface area contributed by atoms with E-state index in [-0.39, 0.29) is 34.9 Å². The number of amides is 1. The Kier molecular flexibility index (Phi) is 7.78. The Morgan fingerprint density at radius 3 is 2.20 bits per heavy atom. The summed E-state index contributed by atoms with van der Waals surface area (Å²) in [6.45, 7) is -0.0624. The van der Waals surface area contributed by atoms with E-state index in [9.17, 15) is 13.2 Å². The molecule has 4 rings (SSSR count). The van der Waals surface area contributed by atoms with Crippen LogP contribution in [0.2, 0.25) is 0 Å². The molecule has 7 nitrogen and oxygen atoms in total.